The second kappa shape index (κ2) is 13.2. The van der Waals surface area contributed by atoms with Crippen LogP contribution in [0.4, 0.5) is 0 Å². The third-order valence-corrected chi connectivity index (χ3v) is 5.63. The molecular weight excluding hydrogens is 444 g/mol. The van der Waals surface area contributed by atoms with Crippen LogP contribution >= 0.6 is 0 Å². The molecule has 7 heteroatoms. The number of rotatable bonds is 12. The van der Waals surface area contributed by atoms with E-state index in [0.717, 1.165) is 11.1 Å². The van der Waals surface area contributed by atoms with Gasteiger partial charge in [0.25, 0.3) is 0 Å². The number of hydrogen-bond donors (Lipinski definition) is 2. The van der Waals surface area contributed by atoms with Crippen molar-refractivity contribution >= 4 is 11.8 Å². The number of amides is 2. The summed E-state index contributed by atoms with van der Waals surface area (Å²) in [6.07, 6.45) is 0.520. The van der Waals surface area contributed by atoms with Crippen molar-refractivity contribution in [2.24, 2.45) is 0 Å². The molecule has 35 heavy (non-hydrogen) atoms. The van der Waals surface area contributed by atoms with Crippen molar-refractivity contribution in [3.8, 4) is 11.5 Å². The van der Waals surface area contributed by atoms with Gasteiger partial charge in [-0.15, -0.1) is 0 Å². The maximum atomic E-state index is 13.8. The minimum atomic E-state index is -0.831. The Morgan fingerprint density at radius 2 is 1.54 bits per heavy atom. The Kier molecular flexibility index (Phi) is 9.69. The highest BCUT2D eigenvalue weighted by Gasteiger charge is 2.31. The molecule has 0 unspecified atom stereocenters. The third-order valence-electron chi connectivity index (χ3n) is 5.63. The average Bonchev–Trinajstić information content (AvgIpc) is 2.89. The van der Waals surface area contributed by atoms with Gasteiger partial charge in [0.15, 0.2) is 11.5 Å². The van der Waals surface area contributed by atoms with Crippen LogP contribution in [0.2, 0.25) is 0 Å². The second-order valence-electron chi connectivity index (χ2n) is 8.05. The summed E-state index contributed by atoms with van der Waals surface area (Å²) in [6.45, 7) is 0.559. The van der Waals surface area contributed by atoms with E-state index in [-0.39, 0.29) is 31.4 Å². The quantitative estimate of drug-likeness (QED) is 0.391. The number of carbonyl (C=O) groups excluding carboxylic acids is 2. The summed E-state index contributed by atoms with van der Waals surface area (Å²) >= 11 is 0. The van der Waals surface area contributed by atoms with Crippen molar-refractivity contribution in [3.05, 3.63) is 95.6 Å². The number of nitrogens with one attached hydrogen (secondary N) is 1. The summed E-state index contributed by atoms with van der Waals surface area (Å²) in [6, 6.07) is 23.4. The highest BCUT2D eigenvalue weighted by Crippen LogP contribution is 2.29. The molecule has 3 rings (SSSR count). The first-order valence-corrected chi connectivity index (χ1v) is 11.5. The number of methoxy groups -OCH3 is 2. The number of hydrogen-bond acceptors (Lipinski definition) is 5. The third kappa shape index (κ3) is 7.07. The highest BCUT2D eigenvalue weighted by molar-refractivity contribution is 5.89. The Morgan fingerprint density at radius 3 is 2.17 bits per heavy atom. The molecule has 0 aliphatic carbocycles. The van der Waals surface area contributed by atoms with Gasteiger partial charge in [-0.25, -0.2) is 0 Å². The van der Waals surface area contributed by atoms with Crippen LogP contribution in [0.15, 0.2) is 78.9 Å². The minimum Gasteiger partial charge on any atom is -0.493 e. The lowest BCUT2D eigenvalue weighted by Gasteiger charge is -2.32. The molecule has 1 atom stereocenters. The van der Waals surface area contributed by atoms with Crippen molar-refractivity contribution in [1.82, 2.24) is 10.2 Å². The van der Waals surface area contributed by atoms with Gasteiger partial charge in [0.05, 0.1) is 20.6 Å². The molecule has 0 aliphatic heterocycles. The van der Waals surface area contributed by atoms with Gasteiger partial charge in [0.1, 0.15) is 6.04 Å². The van der Waals surface area contributed by atoms with Crippen molar-refractivity contribution in [3.63, 3.8) is 0 Å². The second-order valence-corrected chi connectivity index (χ2v) is 8.05. The molecule has 0 saturated carbocycles. The molecular formula is C28H32N2O5. The monoisotopic (exact) mass is 476 g/mol. The van der Waals surface area contributed by atoms with Gasteiger partial charge in [-0.1, -0.05) is 66.7 Å². The van der Waals surface area contributed by atoms with Crippen LogP contribution in [0.3, 0.4) is 0 Å². The van der Waals surface area contributed by atoms with Crippen LogP contribution in [-0.2, 0) is 22.6 Å². The van der Waals surface area contributed by atoms with Gasteiger partial charge in [0, 0.05) is 19.7 Å². The lowest BCUT2D eigenvalue weighted by atomic mass is 10.0. The molecule has 0 aromatic heterocycles. The van der Waals surface area contributed by atoms with E-state index in [1.165, 1.54) is 0 Å². The first kappa shape index (κ1) is 25.8. The molecule has 0 spiro atoms. The summed E-state index contributed by atoms with van der Waals surface area (Å²) in [5, 5.41) is 12.0. The SMILES string of the molecule is COc1ccc(CC(=O)N(Cc2ccccc2)[C@@H](C(=O)NCCCO)c2ccccc2)cc1OC. The van der Waals surface area contributed by atoms with Crippen LogP contribution < -0.4 is 14.8 Å². The zero-order valence-electron chi connectivity index (χ0n) is 20.1. The predicted molar refractivity (Wildman–Crippen MR) is 134 cm³/mol. The Hall–Kier alpha value is -3.84. The Labute approximate surface area is 206 Å². The maximum Gasteiger partial charge on any atom is 0.247 e. The summed E-state index contributed by atoms with van der Waals surface area (Å²) in [4.78, 5) is 28.7. The number of ether oxygens (including phenoxy) is 2. The van der Waals surface area contributed by atoms with Gasteiger partial charge in [-0.2, -0.15) is 0 Å². The van der Waals surface area contributed by atoms with Gasteiger partial charge in [0.2, 0.25) is 11.8 Å². The van der Waals surface area contributed by atoms with Gasteiger partial charge >= 0.3 is 0 Å². The summed E-state index contributed by atoms with van der Waals surface area (Å²) in [5.41, 5.74) is 2.38. The highest BCUT2D eigenvalue weighted by atomic mass is 16.5. The summed E-state index contributed by atoms with van der Waals surface area (Å²) in [5.74, 6) is 0.623. The molecule has 0 saturated heterocycles. The van der Waals surface area contributed by atoms with Crippen LogP contribution in [0.5, 0.6) is 11.5 Å². The van der Waals surface area contributed by atoms with Crippen LogP contribution in [0.25, 0.3) is 0 Å². The number of benzene rings is 3. The largest absolute Gasteiger partial charge is 0.493 e. The van der Waals surface area contributed by atoms with Crippen molar-refractivity contribution in [2.45, 2.75) is 25.4 Å². The molecule has 0 aliphatic rings. The normalized spacial score (nSPS) is 11.4. The number of nitrogens with zero attached hydrogens (tertiary/aromatic N) is 1. The Bertz CT molecular complexity index is 1090. The number of aliphatic hydroxyl groups excluding tert-OH is 1. The molecule has 0 fully saturated rings. The Morgan fingerprint density at radius 1 is 0.886 bits per heavy atom. The van der Waals surface area contributed by atoms with Gasteiger partial charge in [-0.05, 0) is 35.2 Å². The van der Waals surface area contributed by atoms with Gasteiger partial charge in [-0.3, -0.25) is 9.59 Å². The average molecular weight is 477 g/mol. The van der Waals surface area contributed by atoms with Crippen LogP contribution in [0, 0.1) is 0 Å². The van der Waals surface area contributed by atoms with Gasteiger partial charge < -0.3 is 24.8 Å². The van der Waals surface area contributed by atoms with E-state index in [1.54, 1.807) is 31.3 Å². The topological polar surface area (TPSA) is 88.1 Å². The minimum absolute atomic E-state index is 0.0255. The van der Waals surface area contributed by atoms with Crippen molar-refractivity contribution in [1.29, 1.82) is 0 Å². The van der Waals surface area contributed by atoms with E-state index < -0.39 is 6.04 Å². The molecule has 0 bridgehead atoms. The summed E-state index contributed by atoms with van der Waals surface area (Å²) in [7, 11) is 3.11. The van der Waals surface area contributed by atoms with E-state index in [9.17, 15) is 9.59 Å². The lowest BCUT2D eigenvalue weighted by molar-refractivity contribution is -0.141. The number of carbonyl (C=O) groups is 2. The van der Waals surface area contributed by atoms with Crippen molar-refractivity contribution < 1.29 is 24.2 Å². The molecule has 0 heterocycles. The van der Waals surface area contributed by atoms with Crippen LogP contribution in [-0.4, -0.2) is 49.2 Å². The molecule has 184 valence electrons. The van der Waals surface area contributed by atoms with E-state index in [4.69, 9.17) is 14.6 Å². The smallest absolute Gasteiger partial charge is 0.247 e. The van der Waals surface area contributed by atoms with Crippen molar-refractivity contribution in [2.75, 3.05) is 27.4 Å². The predicted octanol–water partition coefficient (Wildman–Crippen LogP) is 3.52. The van der Waals surface area contributed by atoms with E-state index in [2.05, 4.69) is 5.32 Å². The molecule has 3 aromatic carbocycles. The molecule has 2 amide bonds. The lowest BCUT2D eigenvalue weighted by Crippen LogP contribution is -2.44. The first-order chi connectivity index (χ1) is 17.1. The molecule has 3 aromatic rings. The molecule has 2 N–H and O–H groups in total. The zero-order chi connectivity index (χ0) is 25.0. The standard InChI is InChI=1S/C28H32N2O5/c1-34-24-15-14-22(18-25(24)35-2)19-26(32)30(20-21-10-5-3-6-11-21)27(23-12-7-4-8-13-23)28(33)29-16-9-17-31/h3-8,10-15,18,27,31H,9,16-17,19-20H2,1-2H3,(H,29,33)/t27-/m1/s1. The molecule has 0 radical (unpaired) electrons. The first-order valence-electron chi connectivity index (χ1n) is 11.5. The summed E-state index contributed by atoms with van der Waals surface area (Å²) < 4.78 is 10.7. The van der Waals surface area contributed by atoms with E-state index >= 15 is 0 Å². The van der Waals surface area contributed by atoms with E-state index in [0.29, 0.717) is 30.0 Å². The van der Waals surface area contributed by atoms with E-state index in [1.807, 2.05) is 66.7 Å². The fourth-order valence-electron chi connectivity index (χ4n) is 3.87. The number of aliphatic hydroxyl groups is 1. The fourth-order valence-corrected chi connectivity index (χ4v) is 3.87. The Balaban J connectivity index is 1.97. The zero-order valence-corrected chi connectivity index (χ0v) is 20.1. The maximum absolute atomic E-state index is 13.8. The fraction of sp³-hybridized carbons (Fsp3) is 0.286. The molecule has 7 nitrogen and oxygen atoms in total. The van der Waals surface area contributed by atoms with Crippen LogP contribution in [0.1, 0.15) is 29.2 Å².